The van der Waals surface area contributed by atoms with E-state index in [4.69, 9.17) is 0 Å². The van der Waals surface area contributed by atoms with Gasteiger partial charge in [0.05, 0.1) is 0 Å². The van der Waals surface area contributed by atoms with Gasteiger partial charge in [0.2, 0.25) is 0 Å². The summed E-state index contributed by atoms with van der Waals surface area (Å²) >= 11 is 1.70. The molecule has 1 rings (SSSR count). The summed E-state index contributed by atoms with van der Waals surface area (Å²) in [6.07, 6.45) is 5.82. The Balaban J connectivity index is 2.92. The number of thioether (sulfide) groups is 1. The lowest BCUT2D eigenvalue weighted by molar-refractivity contribution is 0.626. The van der Waals surface area contributed by atoms with Gasteiger partial charge >= 0.3 is 0 Å². The third-order valence-electron chi connectivity index (χ3n) is 2.31. The molecule has 1 unspecified atom stereocenters. The van der Waals surface area contributed by atoms with Gasteiger partial charge in [-0.1, -0.05) is 37.8 Å². The average Bonchev–Trinajstić information content (AvgIpc) is 2.26. The smallest absolute Gasteiger partial charge is 0.123 e. The second-order valence-corrected chi connectivity index (χ2v) is 4.16. The van der Waals surface area contributed by atoms with Gasteiger partial charge in [-0.3, -0.25) is 0 Å². The second-order valence-electron chi connectivity index (χ2n) is 3.28. The van der Waals surface area contributed by atoms with Gasteiger partial charge in [-0.2, -0.15) is 0 Å². The zero-order valence-corrected chi connectivity index (χ0v) is 9.85. The van der Waals surface area contributed by atoms with Crippen LogP contribution in [0.3, 0.4) is 0 Å². The van der Waals surface area contributed by atoms with E-state index in [1.165, 1.54) is 17.0 Å². The monoisotopic (exact) mass is 222 g/mol. The Kier molecular flexibility index (Phi) is 4.63. The van der Waals surface area contributed by atoms with Crippen molar-refractivity contribution in [3.05, 3.63) is 59.3 Å². The van der Waals surface area contributed by atoms with Crippen LogP contribution in [0.1, 0.15) is 18.4 Å². The number of hydrogen-bond acceptors (Lipinski definition) is 1. The second kappa shape index (κ2) is 5.76. The Morgan fingerprint density at radius 1 is 1.40 bits per heavy atom. The van der Waals surface area contributed by atoms with Crippen LogP contribution in [0, 0.1) is 5.82 Å². The maximum atomic E-state index is 12.7. The van der Waals surface area contributed by atoms with E-state index in [0.717, 1.165) is 5.56 Å². The van der Waals surface area contributed by atoms with Crippen molar-refractivity contribution in [2.24, 2.45) is 0 Å². The van der Waals surface area contributed by atoms with Crippen LogP contribution in [0.2, 0.25) is 0 Å². The summed E-state index contributed by atoms with van der Waals surface area (Å²) in [5.74, 6) is 0.1000. The van der Waals surface area contributed by atoms with Gasteiger partial charge in [-0.25, -0.2) is 4.39 Å². The summed E-state index contributed by atoms with van der Waals surface area (Å²) in [6.45, 7) is 5.80. The highest BCUT2D eigenvalue weighted by atomic mass is 32.2. The Hall–Kier alpha value is -1.02. The fourth-order valence-electron chi connectivity index (χ4n) is 1.42. The van der Waals surface area contributed by atoms with E-state index < -0.39 is 0 Å². The van der Waals surface area contributed by atoms with E-state index in [-0.39, 0.29) is 5.82 Å². The van der Waals surface area contributed by atoms with Crippen LogP contribution in [0.4, 0.5) is 4.39 Å². The number of rotatable bonds is 4. The third-order valence-corrected chi connectivity index (χ3v) is 3.28. The van der Waals surface area contributed by atoms with Crippen molar-refractivity contribution in [1.82, 2.24) is 0 Å². The standard InChI is InChI=1S/C13H15FS/c1-4-5-13(15-3)10(2)11-6-8-12(14)9-7-11/h4-10H,1H2,2-3H3/b13-5-. The molecule has 15 heavy (non-hydrogen) atoms. The van der Waals surface area contributed by atoms with Crippen LogP contribution < -0.4 is 0 Å². The maximum absolute atomic E-state index is 12.7. The number of allylic oxidation sites excluding steroid dienone is 3. The largest absolute Gasteiger partial charge is 0.207 e. The van der Waals surface area contributed by atoms with Gasteiger partial charge < -0.3 is 0 Å². The number of halogens is 1. The summed E-state index contributed by atoms with van der Waals surface area (Å²) in [5, 5.41) is 0. The van der Waals surface area contributed by atoms with Crippen LogP contribution in [-0.4, -0.2) is 6.26 Å². The third kappa shape index (κ3) is 3.24. The van der Waals surface area contributed by atoms with Gasteiger partial charge in [0, 0.05) is 5.92 Å². The molecule has 0 aliphatic carbocycles. The van der Waals surface area contributed by atoms with E-state index in [0.29, 0.717) is 5.92 Å². The highest BCUT2D eigenvalue weighted by Crippen LogP contribution is 2.30. The molecule has 0 heterocycles. The zero-order chi connectivity index (χ0) is 11.3. The van der Waals surface area contributed by atoms with Gasteiger partial charge in [0.15, 0.2) is 0 Å². The van der Waals surface area contributed by atoms with Gasteiger partial charge in [-0.15, -0.1) is 11.8 Å². The first-order valence-electron chi connectivity index (χ1n) is 4.81. The molecule has 0 saturated heterocycles. The SMILES string of the molecule is C=C/C=C(\SC)C(C)c1ccc(F)cc1. The zero-order valence-electron chi connectivity index (χ0n) is 9.03. The van der Waals surface area contributed by atoms with Crippen molar-refractivity contribution in [1.29, 1.82) is 0 Å². The molecule has 0 amide bonds. The normalized spacial score (nSPS) is 13.7. The predicted molar refractivity (Wildman–Crippen MR) is 66.6 cm³/mol. The molecule has 1 atom stereocenters. The van der Waals surface area contributed by atoms with E-state index in [1.807, 2.05) is 24.5 Å². The topological polar surface area (TPSA) is 0 Å². The lowest BCUT2D eigenvalue weighted by atomic mass is 10.0. The highest BCUT2D eigenvalue weighted by molar-refractivity contribution is 8.02. The Morgan fingerprint density at radius 3 is 2.47 bits per heavy atom. The fraction of sp³-hybridized carbons (Fsp3) is 0.231. The number of hydrogen-bond donors (Lipinski definition) is 0. The average molecular weight is 222 g/mol. The van der Waals surface area contributed by atoms with Crippen LogP contribution in [0.15, 0.2) is 47.9 Å². The molecule has 2 heteroatoms. The molecule has 0 saturated carbocycles. The first kappa shape index (κ1) is 12.1. The van der Waals surface area contributed by atoms with Crippen molar-refractivity contribution in [2.75, 3.05) is 6.26 Å². The Bertz CT molecular complexity index is 351. The quantitative estimate of drug-likeness (QED) is 0.682. The fourth-order valence-corrected chi connectivity index (χ4v) is 2.14. The van der Waals surface area contributed by atoms with Crippen LogP contribution >= 0.6 is 11.8 Å². The van der Waals surface area contributed by atoms with Crippen molar-refractivity contribution >= 4 is 11.8 Å². The first-order valence-corrected chi connectivity index (χ1v) is 6.03. The minimum Gasteiger partial charge on any atom is -0.207 e. The first-order chi connectivity index (χ1) is 7.19. The molecule has 0 bridgehead atoms. The molecule has 0 fully saturated rings. The molecule has 0 nitrogen and oxygen atoms in total. The van der Waals surface area contributed by atoms with Crippen LogP contribution in [-0.2, 0) is 0 Å². The number of benzene rings is 1. The molecule has 0 radical (unpaired) electrons. The molecule has 0 aliphatic rings. The van der Waals surface area contributed by atoms with Crippen molar-refractivity contribution in [3.63, 3.8) is 0 Å². The molecular weight excluding hydrogens is 207 g/mol. The van der Waals surface area contributed by atoms with E-state index in [2.05, 4.69) is 13.5 Å². The van der Waals surface area contributed by atoms with Gasteiger partial charge in [-0.05, 0) is 28.9 Å². The Morgan fingerprint density at radius 2 is 2.00 bits per heavy atom. The van der Waals surface area contributed by atoms with E-state index >= 15 is 0 Å². The van der Waals surface area contributed by atoms with Crippen molar-refractivity contribution in [3.8, 4) is 0 Å². The molecule has 0 aliphatic heterocycles. The summed E-state index contributed by atoms with van der Waals surface area (Å²) < 4.78 is 12.7. The summed E-state index contributed by atoms with van der Waals surface area (Å²) in [6, 6.07) is 6.65. The lowest BCUT2D eigenvalue weighted by Crippen LogP contribution is -1.95. The molecule has 80 valence electrons. The van der Waals surface area contributed by atoms with Crippen LogP contribution in [0.5, 0.6) is 0 Å². The summed E-state index contributed by atoms with van der Waals surface area (Å²) in [5.41, 5.74) is 1.12. The highest BCUT2D eigenvalue weighted by Gasteiger charge is 2.09. The lowest BCUT2D eigenvalue weighted by Gasteiger charge is -2.13. The minimum atomic E-state index is -0.190. The Labute approximate surface area is 94.9 Å². The maximum Gasteiger partial charge on any atom is 0.123 e. The molecule has 1 aromatic rings. The van der Waals surface area contributed by atoms with Crippen molar-refractivity contribution < 1.29 is 4.39 Å². The summed E-state index contributed by atoms with van der Waals surface area (Å²) in [4.78, 5) is 1.23. The van der Waals surface area contributed by atoms with E-state index in [9.17, 15) is 4.39 Å². The minimum absolute atomic E-state index is 0.190. The molecular formula is C13H15FS. The molecule has 1 aromatic carbocycles. The van der Waals surface area contributed by atoms with Crippen molar-refractivity contribution in [2.45, 2.75) is 12.8 Å². The molecule has 0 aromatic heterocycles. The van der Waals surface area contributed by atoms with Crippen LogP contribution in [0.25, 0.3) is 0 Å². The molecule has 0 spiro atoms. The molecule has 0 N–H and O–H groups in total. The predicted octanol–water partition coefficient (Wildman–Crippen LogP) is 4.36. The van der Waals surface area contributed by atoms with Gasteiger partial charge in [0.1, 0.15) is 5.82 Å². The van der Waals surface area contributed by atoms with Gasteiger partial charge in [0.25, 0.3) is 0 Å². The van der Waals surface area contributed by atoms with E-state index in [1.54, 1.807) is 17.8 Å². The summed E-state index contributed by atoms with van der Waals surface area (Å²) in [7, 11) is 0.